The van der Waals surface area contributed by atoms with Crippen LogP contribution in [0, 0.1) is 0 Å². The molecule has 0 fully saturated rings. The van der Waals surface area contributed by atoms with Gasteiger partial charge in [-0.15, -0.1) is 11.3 Å². The summed E-state index contributed by atoms with van der Waals surface area (Å²) in [5.41, 5.74) is 5.38. The Morgan fingerprint density at radius 3 is 2.38 bits per heavy atom. The van der Waals surface area contributed by atoms with Crippen molar-refractivity contribution >= 4 is 33.9 Å². The van der Waals surface area contributed by atoms with Crippen LogP contribution in [0.15, 0.2) is 20.0 Å². The molecule has 0 aliphatic heterocycles. The van der Waals surface area contributed by atoms with Crippen LogP contribution in [-0.2, 0) is 29.3 Å². The first-order valence-corrected chi connectivity index (χ1v) is 12.2. The Labute approximate surface area is 178 Å². The van der Waals surface area contributed by atoms with Gasteiger partial charge in [0, 0.05) is 22.3 Å². The van der Waals surface area contributed by atoms with E-state index in [1.165, 1.54) is 22.5 Å². The number of rotatable bonds is 3. The summed E-state index contributed by atoms with van der Waals surface area (Å²) in [6, 6.07) is 1.42. The molecule has 2 heterocycles. The van der Waals surface area contributed by atoms with E-state index in [0.29, 0.717) is 11.8 Å². The Bertz CT molecular complexity index is 971. The third kappa shape index (κ3) is 3.91. The maximum absolute atomic E-state index is 12.7. The van der Waals surface area contributed by atoms with E-state index in [9.17, 15) is 9.90 Å². The Morgan fingerprint density at radius 2 is 1.86 bits per heavy atom. The third-order valence-corrected chi connectivity index (χ3v) is 8.37. The van der Waals surface area contributed by atoms with Gasteiger partial charge in [-0.05, 0) is 79.5 Å². The fourth-order valence-electron chi connectivity index (χ4n) is 4.18. The molecule has 0 radical (unpaired) electrons. The lowest BCUT2D eigenvalue weighted by Crippen LogP contribution is -2.16. The Kier molecular flexibility index (Phi) is 5.40. The molecule has 4 rings (SSSR count). The number of amides is 2. The number of hydrogen-bond donors (Lipinski definition) is 3. The molecule has 0 bridgehead atoms. The van der Waals surface area contributed by atoms with Gasteiger partial charge in [0.1, 0.15) is 0 Å². The van der Waals surface area contributed by atoms with E-state index in [0.717, 1.165) is 52.5 Å². The number of urea groups is 1. The van der Waals surface area contributed by atoms with Crippen molar-refractivity contribution in [2.45, 2.75) is 75.0 Å². The van der Waals surface area contributed by atoms with Crippen molar-refractivity contribution < 1.29 is 9.90 Å². The van der Waals surface area contributed by atoms with Crippen LogP contribution in [-0.4, -0.2) is 16.1 Å². The number of hydrogen-bond acceptors (Lipinski definition) is 4. The predicted molar refractivity (Wildman–Crippen MR) is 119 cm³/mol. The maximum Gasteiger partial charge on any atom is 0.352 e. The molecule has 4 N–H and O–H groups in total. The monoisotopic (exact) mass is 432 g/mol. The topological polar surface area (TPSA) is 101 Å². The van der Waals surface area contributed by atoms with Crippen molar-refractivity contribution in [1.82, 2.24) is 4.98 Å². The van der Waals surface area contributed by atoms with Gasteiger partial charge in [0.2, 0.25) is 0 Å². The van der Waals surface area contributed by atoms with Crippen molar-refractivity contribution in [2.24, 2.45) is 9.50 Å². The fraction of sp³-hybridized carbons (Fsp3) is 0.524. The van der Waals surface area contributed by atoms with E-state index in [2.05, 4.69) is 23.5 Å². The van der Waals surface area contributed by atoms with Gasteiger partial charge in [0.05, 0.1) is 15.5 Å². The number of carbonyl (C=O) groups is 1. The molecule has 0 saturated carbocycles. The zero-order chi connectivity index (χ0) is 20.9. The van der Waals surface area contributed by atoms with E-state index in [1.807, 2.05) is 11.4 Å². The minimum absolute atomic E-state index is 0.413. The van der Waals surface area contributed by atoms with Crippen LogP contribution in [0.3, 0.4) is 0 Å². The number of thiophene rings is 1. The van der Waals surface area contributed by atoms with Crippen molar-refractivity contribution in [1.29, 1.82) is 0 Å². The summed E-state index contributed by atoms with van der Waals surface area (Å²) in [6.07, 6.45) is 4.01. The largest absolute Gasteiger partial charge is 0.386 e. The van der Waals surface area contributed by atoms with Crippen LogP contribution in [0.1, 0.15) is 80.5 Å². The average molecular weight is 433 g/mol. The molecule has 3 unspecified atom stereocenters. The van der Waals surface area contributed by atoms with E-state index in [4.69, 9.17) is 10.1 Å². The second-order valence-corrected chi connectivity index (χ2v) is 11.1. The van der Waals surface area contributed by atoms with Crippen LogP contribution in [0.2, 0.25) is 0 Å². The third-order valence-electron chi connectivity index (χ3n) is 5.95. The van der Waals surface area contributed by atoms with Crippen molar-refractivity contribution in [3.63, 3.8) is 0 Å². The average Bonchev–Trinajstić information content (AvgIpc) is 3.35. The first-order valence-electron chi connectivity index (χ1n) is 10.0. The molecule has 0 aromatic carbocycles. The first kappa shape index (κ1) is 20.7. The van der Waals surface area contributed by atoms with Gasteiger partial charge in [-0.2, -0.15) is 4.36 Å². The summed E-state index contributed by atoms with van der Waals surface area (Å²) in [6.45, 7) is 7.86. The molecule has 29 heavy (non-hydrogen) atoms. The number of aromatic nitrogens is 1. The Hall–Kier alpha value is -1.61. The van der Waals surface area contributed by atoms with Gasteiger partial charge >= 0.3 is 6.03 Å². The molecule has 2 aromatic heterocycles. The number of nitrogens with one attached hydrogen (secondary N) is 1. The summed E-state index contributed by atoms with van der Waals surface area (Å²) in [5, 5.41) is 21.2. The highest BCUT2D eigenvalue weighted by molar-refractivity contribution is 7.87. The smallest absolute Gasteiger partial charge is 0.352 e. The molecule has 6 nitrogen and oxygen atoms in total. The molecule has 2 aliphatic carbocycles. The van der Waals surface area contributed by atoms with E-state index < -0.39 is 22.5 Å². The molecule has 2 aliphatic rings. The summed E-state index contributed by atoms with van der Waals surface area (Å²) < 4.78 is 4.97. The zero-order valence-corrected chi connectivity index (χ0v) is 18.9. The van der Waals surface area contributed by atoms with Crippen LogP contribution in [0.25, 0.3) is 0 Å². The van der Waals surface area contributed by atoms with Crippen molar-refractivity contribution in [2.75, 3.05) is 5.32 Å². The number of nitrogens with two attached hydrogens (primary N) is 1. The van der Waals surface area contributed by atoms with E-state index in [1.54, 1.807) is 13.8 Å². The Balaban J connectivity index is 1.62. The molecular weight excluding hydrogens is 404 g/mol. The van der Waals surface area contributed by atoms with Gasteiger partial charge in [0.15, 0.2) is 0 Å². The lowest BCUT2D eigenvalue weighted by Gasteiger charge is -2.16. The number of anilines is 1. The summed E-state index contributed by atoms with van der Waals surface area (Å²) >= 11 is 1.42. The second-order valence-electron chi connectivity index (χ2n) is 8.64. The first-order chi connectivity index (χ1) is 13.6. The molecule has 0 saturated heterocycles. The summed E-state index contributed by atoms with van der Waals surface area (Å²) in [4.78, 5) is 17.7. The Morgan fingerprint density at radius 1 is 1.28 bits per heavy atom. The SMILES string of the molecule is CC1CCc2c1nc1c(c2NC(=O)N=S(N)c2cc(C(C)(C)O)cs2)CCC1C. The minimum atomic E-state index is -1.06. The molecule has 2 aromatic rings. The molecule has 156 valence electrons. The van der Waals surface area contributed by atoms with Crippen LogP contribution < -0.4 is 10.5 Å². The maximum atomic E-state index is 12.7. The molecular formula is C21H28N4O2S2. The van der Waals surface area contributed by atoms with Crippen LogP contribution >= 0.6 is 11.3 Å². The quantitative estimate of drug-likeness (QED) is 0.652. The number of pyridine rings is 1. The fourth-order valence-corrected chi connectivity index (χ4v) is 6.19. The predicted octanol–water partition coefficient (Wildman–Crippen LogP) is 4.74. The van der Waals surface area contributed by atoms with Gasteiger partial charge in [-0.3, -0.25) is 10.1 Å². The van der Waals surface area contributed by atoms with Gasteiger partial charge in [-0.1, -0.05) is 13.8 Å². The van der Waals surface area contributed by atoms with Crippen molar-refractivity contribution in [3.8, 4) is 0 Å². The lowest BCUT2D eigenvalue weighted by molar-refractivity contribution is 0.0789. The lowest BCUT2D eigenvalue weighted by atomic mass is 10.0. The van der Waals surface area contributed by atoms with Gasteiger partial charge in [0.25, 0.3) is 0 Å². The molecule has 0 spiro atoms. The highest BCUT2D eigenvalue weighted by Crippen LogP contribution is 2.44. The van der Waals surface area contributed by atoms with E-state index >= 15 is 0 Å². The standard InChI is InChI=1S/C21H28N4O2S2/c1-11-5-7-14-17(11)23-18-12(2)6-8-15(18)19(14)24-20(26)25-29(22)16-9-13(10-28-16)21(3,4)27/h9-12,27H,5-8H2,1-4H3,(H3,22,23,24,25,26). The van der Waals surface area contributed by atoms with Gasteiger partial charge < -0.3 is 10.4 Å². The number of nitrogens with zero attached hydrogens (tertiary/aromatic N) is 2. The highest BCUT2D eigenvalue weighted by Gasteiger charge is 2.32. The molecule has 3 atom stereocenters. The normalized spacial score (nSPS) is 21.9. The zero-order valence-electron chi connectivity index (χ0n) is 17.3. The minimum Gasteiger partial charge on any atom is -0.386 e. The second kappa shape index (κ2) is 7.58. The number of carbonyl (C=O) groups excluding carboxylic acids is 1. The van der Waals surface area contributed by atoms with Crippen LogP contribution in [0.5, 0.6) is 0 Å². The van der Waals surface area contributed by atoms with Crippen molar-refractivity contribution in [3.05, 3.63) is 39.5 Å². The number of aliphatic hydroxyl groups is 1. The molecule has 2 amide bonds. The summed E-state index contributed by atoms with van der Waals surface area (Å²) in [7, 11) is -1.06. The number of fused-ring (bicyclic) bond motifs is 2. The van der Waals surface area contributed by atoms with Crippen LogP contribution in [0.4, 0.5) is 10.5 Å². The summed E-state index contributed by atoms with van der Waals surface area (Å²) in [5.74, 6) is 0.845. The highest BCUT2D eigenvalue weighted by atomic mass is 32.2. The molecule has 8 heteroatoms. The van der Waals surface area contributed by atoms with E-state index in [-0.39, 0.29) is 0 Å². The van der Waals surface area contributed by atoms with Gasteiger partial charge in [-0.25, -0.2) is 4.79 Å².